The van der Waals surface area contributed by atoms with Gasteiger partial charge in [0.1, 0.15) is 5.75 Å². The Bertz CT molecular complexity index is 901. The molecule has 0 atom stereocenters. The maximum atomic E-state index is 13.3. The Hall–Kier alpha value is -3.20. The zero-order valence-electron chi connectivity index (χ0n) is 14.9. The molecule has 2 aromatic rings. The van der Waals surface area contributed by atoms with Crippen LogP contribution < -0.4 is 10.1 Å². The number of anilines is 1. The van der Waals surface area contributed by atoms with Crippen molar-refractivity contribution in [2.45, 2.75) is 19.4 Å². The minimum absolute atomic E-state index is 0.00850. The number of carbonyl (C=O) groups is 2. The van der Waals surface area contributed by atoms with Crippen LogP contribution in [0.2, 0.25) is 5.02 Å². The molecule has 10 heteroatoms. The lowest BCUT2D eigenvalue weighted by molar-refractivity contribution is -0.387. The maximum absolute atomic E-state index is 13.3. The zero-order valence-corrected chi connectivity index (χ0v) is 15.7. The summed E-state index contributed by atoms with van der Waals surface area (Å²) in [7, 11) is 0. The highest BCUT2D eigenvalue weighted by Gasteiger charge is 2.32. The monoisotopic (exact) mass is 410 g/mol. The van der Waals surface area contributed by atoms with Crippen LogP contribution in [0.1, 0.15) is 13.8 Å². The largest absolute Gasteiger partial charge is 0.476 e. The molecule has 148 valence electrons. The average Bonchev–Trinajstić information content (AvgIpc) is 2.62. The molecule has 0 aliphatic carbocycles. The number of hydrogen-bond donors (Lipinski definition) is 1. The van der Waals surface area contributed by atoms with Gasteiger partial charge in [0.05, 0.1) is 4.92 Å². The summed E-state index contributed by atoms with van der Waals surface area (Å²) in [5.74, 6) is -2.20. The Morgan fingerprint density at radius 1 is 1.21 bits per heavy atom. The number of rotatable bonds is 7. The van der Waals surface area contributed by atoms with Crippen molar-refractivity contribution in [1.82, 2.24) is 0 Å². The van der Waals surface area contributed by atoms with Crippen molar-refractivity contribution in [2.75, 3.05) is 11.9 Å². The van der Waals surface area contributed by atoms with Crippen LogP contribution in [0.3, 0.4) is 0 Å². The first kappa shape index (κ1) is 21.1. The Labute approximate surface area is 164 Å². The van der Waals surface area contributed by atoms with Crippen molar-refractivity contribution in [2.24, 2.45) is 0 Å². The van der Waals surface area contributed by atoms with Gasteiger partial charge < -0.3 is 14.8 Å². The van der Waals surface area contributed by atoms with E-state index in [2.05, 4.69) is 5.32 Å². The number of nitro groups is 1. The molecule has 0 saturated heterocycles. The maximum Gasteiger partial charge on any atom is 0.350 e. The first-order valence-electron chi connectivity index (χ1n) is 7.94. The molecule has 1 N–H and O–H groups in total. The zero-order chi connectivity index (χ0) is 20.9. The summed E-state index contributed by atoms with van der Waals surface area (Å²) in [4.78, 5) is 33.9. The number of ether oxygens (including phenoxy) is 2. The number of benzene rings is 2. The molecule has 0 radical (unpaired) electrons. The molecule has 0 heterocycles. The molecule has 0 saturated carbocycles. The van der Waals surface area contributed by atoms with Crippen LogP contribution in [-0.2, 0) is 14.3 Å². The van der Waals surface area contributed by atoms with Gasteiger partial charge in [-0.1, -0.05) is 11.6 Å². The van der Waals surface area contributed by atoms with Crippen molar-refractivity contribution in [1.29, 1.82) is 0 Å². The van der Waals surface area contributed by atoms with E-state index in [4.69, 9.17) is 21.1 Å². The van der Waals surface area contributed by atoms with Crippen molar-refractivity contribution in [3.05, 3.63) is 63.4 Å². The fraction of sp³-hybridized carbons (Fsp3) is 0.222. The summed E-state index contributed by atoms with van der Waals surface area (Å²) in [6.45, 7) is 2.27. The third-order valence-corrected chi connectivity index (χ3v) is 3.69. The summed E-state index contributed by atoms with van der Waals surface area (Å²) in [6, 6.07) is 9.19. The minimum atomic E-state index is -1.39. The average molecular weight is 411 g/mol. The lowest BCUT2D eigenvalue weighted by Gasteiger charge is -2.24. The molecule has 0 aliphatic heterocycles. The summed E-state index contributed by atoms with van der Waals surface area (Å²) >= 11 is 5.78. The van der Waals surface area contributed by atoms with Gasteiger partial charge in [0, 0.05) is 16.8 Å². The lowest BCUT2D eigenvalue weighted by atomic mass is 10.1. The summed E-state index contributed by atoms with van der Waals surface area (Å²) in [5, 5.41) is 13.5. The number of nitrogens with zero attached hydrogens (tertiary/aromatic N) is 1. The third-order valence-electron chi connectivity index (χ3n) is 3.44. The second-order valence-corrected chi connectivity index (χ2v) is 6.55. The van der Waals surface area contributed by atoms with Crippen LogP contribution >= 0.6 is 11.6 Å². The molecule has 0 bridgehead atoms. The van der Waals surface area contributed by atoms with Gasteiger partial charge in [0.15, 0.2) is 12.2 Å². The number of amides is 1. The highest BCUT2D eigenvalue weighted by molar-refractivity contribution is 6.30. The fourth-order valence-corrected chi connectivity index (χ4v) is 2.20. The quantitative estimate of drug-likeness (QED) is 0.423. The third kappa shape index (κ3) is 5.65. The number of nitrogens with one attached hydrogen (secondary N) is 1. The van der Waals surface area contributed by atoms with Gasteiger partial charge in [-0.3, -0.25) is 14.9 Å². The Morgan fingerprint density at radius 2 is 1.86 bits per heavy atom. The molecule has 0 fully saturated rings. The Kier molecular flexibility index (Phi) is 6.53. The van der Waals surface area contributed by atoms with Gasteiger partial charge in [-0.25, -0.2) is 4.79 Å². The van der Waals surface area contributed by atoms with Crippen LogP contribution in [0.25, 0.3) is 0 Å². The van der Waals surface area contributed by atoms with Crippen molar-refractivity contribution >= 4 is 34.9 Å². The van der Waals surface area contributed by atoms with Crippen LogP contribution in [0.4, 0.5) is 15.8 Å². The molecule has 2 rings (SSSR count). The molecule has 2 aromatic carbocycles. The second kappa shape index (κ2) is 8.66. The van der Waals surface area contributed by atoms with E-state index in [1.54, 1.807) is 24.3 Å². The van der Waals surface area contributed by atoms with E-state index in [9.17, 15) is 24.1 Å². The molecule has 0 aliphatic rings. The lowest BCUT2D eigenvalue weighted by Crippen LogP contribution is -2.41. The van der Waals surface area contributed by atoms with Gasteiger partial charge in [-0.05, 0) is 50.2 Å². The SMILES string of the molecule is CC(C)(Oc1ccc(Cl)cc1)C(=O)OCC(=O)Nc1ccc(F)c([N+](=O)[O-])c1. The molecule has 0 unspecified atom stereocenters. The highest BCUT2D eigenvalue weighted by atomic mass is 35.5. The van der Waals surface area contributed by atoms with Gasteiger partial charge >= 0.3 is 11.7 Å². The van der Waals surface area contributed by atoms with Crippen LogP contribution in [0, 0.1) is 15.9 Å². The molecule has 8 nitrogen and oxygen atoms in total. The van der Waals surface area contributed by atoms with Crippen molar-refractivity contribution in [3.63, 3.8) is 0 Å². The summed E-state index contributed by atoms with van der Waals surface area (Å²) in [5.41, 5.74) is -2.18. The molecule has 0 aromatic heterocycles. The van der Waals surface area contributed by atoms with Crippen molar-refractivity contribution in [3.8, 4) is 5.75 Å². The highest BCUT2D eigenvalue weighted by Crippen LogP contribution is 2.23. The van der Waals surface area contributed by atoms with Crippen LogP contribution in [0.15, 0.2) is 42.5 Å². The van der Waals surface area contributed by atoms with E-state index in [0.717, 1.165) is 18.2 Å². The van der Waals surface area contributed by atoms with E-state index < -0.39 is 40.5 Å². The van der Waals surface area contributed by atoms with E-state index >= 15 is 0 Å². The predicted molar refractivity (Wildman–Crippen MR) is 98.8 cm³/mol. The first-order chi connectivity index (χ1) is 13.1. The molecule has 1 amide bonds. The molecule has 0 spiro atoms. The smallest absolute Gasteiger partial charge is 0.350 e. The normalized spacial score (nSPS) is 10.9. The number of esters is 1. The topological polar surface area (TPSA) is 108 Å². The van der Waals surface area contributed by atoms with E-state index in [0.29, 0.717) is 10.8 Å². The predicted octanol–water partition coefficient (Wildman–Crippen LogP) is 3.73. The van der Waals surface area contributed by atoms with Crippen LogP contribution in [-0.4, -0.2) is 29.0 Å². The standard InChI is InChI=1S/C18H16ClFN2O6/c1-18(2,28-13-6-3-11(19)4-7-13)17(24)27-10-16(23)21-12-5-8-14(20)15(9-12)22(25)26/h3-9H,10H2,1-2H3,(H,21,23). The fourth-order valence-electron chi connectivity index (χ4n) is 2.07. The summed E-state index contributed by atoms with van der Waals surface area (Å²) in [6.07, 6.45) is 0. The molecule has 28 heavy (non-hydrogen) atoms. The summed E-state index contributed by atoms with van der Waals surface area (Å²) < 4.78 is 23.8. The number of nitro benzene ring substituents is 1. The van der Waals surface area contributed by atoms with Gasteiger partial charge in [-0.2, -0.15) is 4.39 Å². The number of halogens is 2. The minimum Gasteiger partial charge on any atom is -0.476 e. The second-order valence-electron chi connectivity index (χ2n) is 6.11. The Balaban J connectivity index is 1.92. The number of hydrogen-bond acceptors (Lipinski definition) is 6. The van der Waals surface area contributed by atoms with E-state index in [1.807, 2.05) is 0 Å². The van der Waals surface area contributed by atoms with Crippen LogP contribution in [0.5, 0.6) is 5.75 Å². The first-order valence-corrected chi connectivity index (χ1v) is 8.32. The molecular formula is C18H16ClFN2O6. The van der Waals surface area contributed by atoms with Gasteiger partial charge in [0.25, 0.3) is 5.91 Å². The van der Waals surface area contributed by atoms with E-state index in [-0.39, 0.29) is 5.69 Å². The van der Waals surface area contributed by atoms with E-state index in [1.165, 1.54) is 13.8 Å². The van der Waals surface area contributed by atoms with Crippen molar-refractivity contribution < 1.29 is 28.4 Å². The Morgan fingerprint density at radius 3 is 2.46 bits per heavy atom. The van der Waals surface area contributed by atoms with Gasteiger partial charge in [-0.15, -0.1) is 0 Å². The molecular weight excluding hydrogens is 395 g/mol. The number of carbonyl (C=O) groups excluding carboxylic acids is 2. The van der Waals surface area contributed by atoms with Gasteiger partial charge in [0.2, 0.25) is 5.82 Å².